The number of hydrogen-bond donors (Lipinski definition) is 1. The molecule has 0 heterocycles. The van der Waals surface area contributed by atoms with Gasteiger partial charge >= 0.3 is 0 Å². The smallest absolute Gasteiger partial charge is 0.0726 e. The van der Waals surface area contributed by atoms with E-state index >= 15 is 0 Å². The van der Waals surface area contributed by atoms with Crippen LogP contribution in [0.2, 0.25) is 5.02 Å². The fourth-order valence-corrected chi connectivity index (χ4v) is 1.93. The molecule has 1 aromatic rings. The van der Waals surface area contributed by atoms with E-state index in [0.29, 0.717) is 0 Å². The average molecular weight is 209 g/mol. The van der Waals surface area contributed by atoms with Crippen LogP contribution < -0.4 is 0 Å². The first-order valence-electron chi connectivity index (χ1n) is 4.90. The minimum atomic E-state index is -0.269. The quantitative estimate of drug-likeness (QED) is 0.751. The maximum absolute atomic E-state index is 9.49. The molecule has 0 aliphatic heterocycles. The van der Waals surface area contributed by atoms with Crippen molar-refractivity contribution in [1.29, 1.82) is 0 Å². The molecule has 2 rings (SSSR count). The third-order valence-corrected chi connectivity index (χ3v) is 2.81. The van der Waals surface area contributed by atoms with Gasteiger partial charge in [-0.15, -0.1) is 0 Å². The van der Waals surface area contributed by atoms with Crippen molar-refractivity contribution < 1.29 is 5.11 Å². The number of halogens is 1. The van der Waals surface area contributed by atoms with Crippen LogP contribution in [0.3, 0.4) is 0 Å². The number of benzene rings is 1. The summed E-state index contributed by atoms with van der Waals surface area (Å²) < 4.78 is 0. The summed E-state index contributed by atoms with van der Waals surface area (Å²) in [7, 11) is 0. The summed E-state index contributed by atoms with van der Waals surface area (Å²) >= 11 is 5.81. The molecule has 0 saturated carbocycles. The van der Waals surface area contributed by atoms with Gasteiger partial charge in [0.15, 0.2) is 0 Å². The maximum atomic E-state index is 9.49. The van der Waals surface area contributed by atoms with Gasteiger partial charge < -0.3 is 5.11 Å². The van der Waals surface area contributed by atoms with Gasteiger partial charge in [-0.3, -0.25) is 0 Å². The van der Waals surface area contributed by atoms with Gasteiger partial charge in [0.25, 0.3) is 0 Å². The number of hydrogen-bond acceptors (Lipinski definition) is 1. The Morgan fingerprint density at radius 3 is 2.57 bits per heavy atom. The van der Waals surface area contributed by atoms with Crippen molar-refractivity contribution >= 4 is 17.2 Å². The highest BCUT2D eigenvalue weighted by atomic mass is 35.5. The van der Waals surface area contributed by atoms with Crippen molar-refractivity contribution in [2.24, 2.45) is 0 Å². The maximum Gasteiger partial charge on any atom is 0.0726 e. The van der Waals surface area contributed by atoms with E-state index in [1.165, 1.54) is 11.1 Å². The molecule has 0 spiro atoms. The Kier molecular flexibility index (Phi) is 2.90. The van der Waals surface area contributed by atoms with Crippen LogP contribution in [0.4, 0.5) is 0 Å². The highest BCUT2D eigenvalue weighted by Crippen LogP contribution is 2.27. The lowest BCUT2D eigenvalue weighted by molar-refractivity contribution is 0.206. The van der Waals surface area contributed by atoms with Crippen LogP contribution in [0.5, 0.6) is 0 Å². The first kappa shape index (κ1) is 9.75. The van der Waals surface area contributed by atoms with E-state index in [1.54, 1.807) is 0 Å². The van der Waals surface area contributed by atoms with E-state index in [2.05, 4.69) is 0 Å². The second-order valence-corrected chi connectivity index (χ2v) is 4.09. The van der Waals surface area contributed by atoms with E-state index < -0.39 is 0 Å². The van der Waals surface area contributed by atoms with Gasteiger partial charge in [-0.05, 0) is 42.5 Å². The summed E-state index contributed by atoms with van der Waals surface area (Å²) in [4.78, 5) is 0. The molecule has 1 aromatic carbocycles. The Morgan fingerprint density at radius 2 is 1.93 bits per heavy atom. The van der Waals surface area contributed by atoms with Crippen LogP contribution in [0.15, 0.2) is 30.3 Å². The van der Waals surface area contributed by atoms with Crippen LogP contribution in [0.25, 0.3) is 5.57 Å². The predicted molar refractivity (Wildman–Crippen MR) is 59.3 cm³/mol. The van der Waals surface area contributed by atoms with Crippen molar-refractivity contribution in [2.75, 3.05) is 0 Å². The molecule has 1 nitrogen and oxygen atoms in total. The summed E-state index contributed by atoms with van der Waals surface area (Å²) in [5.41, 5.74) is 2.41. The fraction of sp³-hybridized carbons (Fsp3) is 0.333. The Morgan fingerprint density at radius 1 is 1.21 bits per heavy atom. The summed E-state index contributed by atoms with van der Waals surface area (Å²) in [5, 5.41) is 10.2. The second kappa shape index (κ2) is 4.16. The highest BCUT2D eigenvalue weighted by molar-refractivity contribution is 6.30. The largest absolute Gasteiger partial charge is 0.389 e. The summed E-state index contributed by atoms with van der Waals surface area (Å²) in [6.45, 7) is 0. The van der Waals surface area contributed by atoms with Gasteiger partial charge in [0.05, 0.1) is 6.10 Å². The second-order valence-electron chi connectivity index (χ2n) is 3.66. The zero-order valence-corrected chi connectivity index (χ0v) is 8.67. The van der Waals surface area contributed by atoms with Crippen LogP contribution in [0.1, 0.15) is 24.8 Å². The number of rotatable bonds is 1. The van der Waals surface area contributed by atoms with Crippen molar-refractivity contribution in [1.82, 2.24) is 0 Å². The Labute approximate surface area is 89.0 Å². The first-order chi connectivity index (χ1) is 6.75. The topological polar surface area (TPSA) is 20.2 Å². The fourth-order valence-electron chi connectivity index (χ4n) is 1.81. The lowest BCUT2D eigenvalue weighted by Crippen LogP contribution is -2.08. The van der Waals surface area contributed by atoms with E-state index in [-0.39, 0.29) is 6.10 Å². The number of aliphatic hydroxyl groups is 1. The van der Waals surface area contributed by atoms with Gasteiger partial charge in [-0.1, -0.05) is 29.8 Å². The Bertz CT molecular complexity index is 340. The molecule has 1 N–H and O–H groups in total. The zero-order valence-electron chi connectivity index (χ0n) is 7.91. The van der Waals surface area contributed by atoms with Crippen molar-refractivity contribution in [3.8, 4) is 0 Å². The highest BCUT2D eigenvalue weighted by Gasteiger charge is 2.11. The standard InChI is InChI=1S/C12H13ClO/c13-11-6-4-9(5-7-11)10-2-1-3-12(14)8-10/h4-8,12,14H,1-3H2/t12-/m0/s1. The Hall–Kier alpha value is -0.790. The molecule has 0 unspecified atom stereocenters. The molecule has 1 aliphatic carbocycles. The monoisotopic (exact) mass is 208 g/mol. The molecule has 0 amide bonds. The third-order valence-electron chi connectivity index (χ3n) is 2.55. The molecule has 0 radical (unpaired) electrons. The normalized spacial score (nSPS) is 21.9. The van der Waals surface area contributed by atoms with Gasteiger partial charge in [0.1, 0.15) is 0 Å². The predicted octanol–water partition coefficient (Wildman–Crippen LogP) is 3.27. The van der Waals surface area contributed by atoms with Crippen LogP contribution >= 0.6 is 11.6 Å². The average Bonchev–Trinajstić information content (AvgIpc) is 2.19. The Balaban J connectivity index is 2.26. The molecular weight excluding hydrogens is 196 g/mol. The summed E-state index contributed by atoms with van der Waals surface area (Å²) in [5.74, 6) is 0. The van der Waals surface area contributed by atoms with Crippen molar-refractivity contribution in [2.45, 2.75) is 25.4 Å². The molecule has 0 bridgehead atoms. The molecule has 2 heteroatoms. The minimum Gasteiger partial charge on any atom is -0.389 e. The van der Waals surface area contributed by atoms with E-state index in [9.17, 15) is 5.11 Å². The van der Waals surface area contributed by atoms with Crippen LogP contribution in [-0.4, -0.2) is 11.2 Å². The molecular formula is C12H13ClO. The van der Waals surface area contributed by atoms with Gasteiger partial charge in [-0.2, -0.15) is 0 Å². The van der Waals surface area contributed by atoms with E-state index in [1.807, 2.05) is 30.3 Å². The molecule has 0 fully saturated rings. The lowest BCUT2D eigenvalue weighted by Gasteiger charge is -2.17. The van der Waals surface area contributed by atoms with E-state index in [4.69, 9.17) is 11.6 Å². The molecule has 1 aliphatic rings. The SMILES string of the molecule is O[C@@H]1C=C(c2ccc(Cl)cc2)CCC1. The molecule has 1 atom stereocenters. The first-order valence-corrected chi connectivity index (χ1v) is 5.28. The third kappa shape index (κ3) is 2.17. The van der Waals surface area contributed by atoms with E-state index in [0.717, 1.165) is 24.3 Å². The van der Waals surface area contributed by atoms with Crippen molar-refractivity contribution in [3.63, 3.8) is 0 Å². The van der Waals surface area contributed by atoms with Gasteiger partial charge in [-0.25, -0.2) is 0 Å². The van der Waals surface area contributed by atoms with Gasteiger partial charge in [0.2, 0.25) is 0 Å². The number of aliphatic hydroxyl groups excluding tert-OH is 1. The molecule has 0 saturated heterocycles. The van der Waals surface area contributed by atoms with Crippen LogP contribution in [0, 0.1) is 0 Å². The summed E-state index contributed by atoms with van der Waals surface area (Å²) in [6.07, 6.45) is 4.69. The minimum absolute atomic E-state index is 0.269. The van der Waals surface area contributed by atoms with Crippen molar-refractivity contribution in [3.05, 3.63) is 40.9 Å². The number of allylic oxidation sites excluding steroid dienone is 1. The molecule has 0 aromatic heterocycles. The zero-order chi connectivity index (χ0) is 9.97. The lowest BCUT2D eigenvalue weighted by atomic mass is 9.92. The van der Waals surface area contributed by atoms with Gasteiger partial charge in [0, 0.05) is 5.02 Å². The molecule has 74 valence electrons. The van der Waals surface area contributed by atoms with Crippen LogP contribution in [-0.2, 0) is 0 Å². The summed E-state index contributed by atoms with van der Waals surface area (Å²) in [6, 6.07) is 7.79. The molecule has 14 heavy (non-hydrogen) atoms.